The predicted octanol–water partition coefficient (Wildman–Crippen LogP) is 2.03. The van der Waals surface area contributed by atoms with Gasteiger partial charge in [0.15, 0.2) is 0 Å². The molecule has 1 nitrogen and oxygen atoms in total. The van der Waals surface area contributed by atoms with Gasteiger partial charge in [0.2, 0.25) is 0 Å². The predicted molar refractivity (Wildman–Crippen MR) is 54.7 cm³/mol. The van der Waals surface area contributed by atoms with Crippen LogP contribution in [0.2, 0.25) is 19.6 Å². The van der Waals surface area contributed by atoms with Crippen LogP contribution in [0.3, 0.4) is 0 Å². The molecule has 0 aliphatic rings. The van der Waals surface area contributed by atoms with E-state index in [4.69, 9.17) is 5.73 Å². The van der Waals surface area contributed by atoms with Gasteiger partial charge in [-0.1, -0.05) is 19.6 Å². The van der Waals surface area contributed by atoms with Crippen molar-refractivity contribution in [3.63, 3.8) is 0 Å². The van der Waals surface area contributed by atoms with Crippen LogP contribution in [0.25, 0.3) is 5.73 Å². The summed E-state index contributed by atoms with van der Waals surface area (Å²) in [6.07, 6.45) is 0.660. The molecule has 0 saturated carbocycles. The molecular weight excluding hydrogens is 208 g/mol. The van der Waals surface area contributed by atoms with Crippen LogP contribution in [0.4, 0.5) is 0 Å². The standard InChI is InChI=1S/C4H12NSi.Fe.2H3P/c1-6(2,3)4-5;;;/h5H,4H2,1-3H3;;2*1H3/q-1;;;. The van der Waals surface area contributed by atoms with E-state index < -0.39 is 8.07 Å². The Morgan fingerprint density at radius 2 is 1.22 bits per heavy atom. The van der Waals surface area contributed by atoms with E-state index in [0.29, 0.717) is 6.17 Å². The topological polar surface area (TPSA) is 23.8 Å². The molecule has 0 aliphatic carbocycles. The summed E-state index contributed by atoms with van der Waals surface area (Å²) in [5, 5.41) is 0. The molecule has 2 unspecified atom stereocenters. The zero-order valence-electron chi connectivity index (χ0n) is 6.47. The van der Waals surface area contributed by atoms with E-state index in [-0.39, 0.29) is 36.9 Å². The van der Waals surface area contributed by atoms with Gasteiger partial charge in [0.25, 0.3) is 0 Å². The minimum absolute atomic E-state index is 0. The normalized spacial score (nSPS) is 8.00. The summed E-state index contributed by atoms with van der Waals surface area (Å²) < 4.78 is 0. The van der Waals surface area contributed by atoms with Crippen LogP contribution in [0.1, 0.15) is 0 Å². The molecule has 2 atom stereocenters. The summed E-state index contributed by atoms with van der Waals surface area (Å²) in [7, 11) is -0.965. The number of hydrogen-bond donors (Lipinski definition) is 0. The van der Waals surface area contributed by atoms with Crippen LogP contribution in [0.15, 0.2) is 0 Å². The molecule has 9 heavy (non-hydrogen) atoms. The Labute approximate surface area is 76.7 Å². The summed E-state index contributed by atoms with van der Waals surface area (Å²) in [6.45, 7) is 6.58. The van der Waals surface area contributed by atoms with E-state index in [1.165, 1.54) is 0 Å². The smallest absolute Gasteiger partial charge is 0.0235 e. The van der Waals surface area contributed by atoms with Gasteiger partial charge in [0.1, 0.15) is 0 Å². The Hall–Kier alpha value is 1.56. The van der Waals surface area contributed by atoms with Crippen LogP contribution in [-0.2, 0) is 17.1 Å². The minimum atomic E-state index is -0.965. The number of rotatable bonds is 1. The van der Waals surface area contributed by atoms with E-state index in [0.717, 1.165) is 0 Å². The van der Waals surface area contributed by atoms with Gasteiger partial charge < -0.3 is 5.73 Å². The molecule has 0 aromatic heterocycles. The molecule has 62 valence electrons. The second-order valence-electron chi connectivity index (χ2n) is 2.74. The van der Waals surface area contributed by atoms with Crippen molar-refractivity contribution >= 4 is 27.9 Å². The second kappa shape index (κ2) is 9.56. The summed E-state index contributed by atoms with van der Waals surface area (Å²) in [5.41, 5.74) is 6.92. The average molecular weight is 226 g/mol. The van der Waals surface area contributed by atoms with Crippen LogP contribution in [0.5, 0.6) is 0 Å². The first kappa shape index (κ1) is 22.4. The minimum Gasteiger partial charge on any atom is -0.680 e. The van der Waals surface area contributed by atoms with Gasteiger partial charge >= 0.3 is 0 Å². The summed E-state index contributed by atoms with van der Waals surface area (Å²) >= 11 is 0. The number of nitrogens with one attached hydrogen (secondary N) is 1. The molecular formula is C4H18FeNP2Si-. The van der Waals surface area contributed by atoms with Gasteiger partial charge in [-0.3, -0.25) is 0 Å². The molecule has 0 fully saturated rings. The monoisotopic (exact) mass is 226 g/mol. The molecule has 0 aliphatic heterocycles. The van der Waals surface area contributed by atoms with Gasteiger partial charge in [0, 0.05) is 25.1 Å². The maximum Gasteiger partial charge on any atom is 0.0235 e. The zero-order chi connectivity index (χ0) is 5.21. The quantitative estimate of drug-likeness (QED) is 0.482. The zero-order valence-corrected chi connectivity index (χ0v) is 11.4. The van der Waals surface area contributed by atoms with Crippen molar-refractivity contribution in [3.05, 3.63) is 5.73 Å². The Morgan fingerprint density at radius 3 is 1.22 bits per heavy atom. The molecule has 0 aromatic rings. The molecule has 0 rings (SSSR count). The van der Waals surface area contributed by atoms with Crippen molar-refractivity contribution in [1.29, 1.82) is 0 Å². The third kappa shape index (κ3) is 26.3. The maximum atomic E-state index is 6.92. The fraction of sp³-hybridized carbons (Fsp3) is 1.00. The molecule has 1 N–H and O–H groups in total. The molecule has 0 saturated heterocycles. The van der Waals surface area contributed by atoms with Crippen LogP contribution >= 0.6 is 19.8 Å². The van der Waals surface area contributed by atoms with Gasteiger partial charge in [-0.15, -0.1) is 0 Å². The first-order valence-corrected chi connectivity index (χ1v) is 5.91. The van der Waals surface area contributed by atoms with Crippen molar-refractivity contribution in [2.45, 2.75) is 19.6 Å². The molecule has 0 amide bonds. The van der Waals surface area contributed by atoms with Gasteiger partial charge in [-0.2, -0.15) is 26.0 Å². The largest absolute Gasteiger partial charge is 0.680 e. The summed E-state index contributed by atoms with van der Waals surface area (Å²) in [4.78, 5) is 0. The van der Waals surface area contributed by atoms with Crippen molar-refractivity contribution in [2.24, 2.45) is 0 Å². The SMILES string of the molecule is C[Si](C)(C)C[NH-].P.P.[Fe]. The first-order chi connectivity index (χ1) is 2.56. The average Bonchev–Trinajstić information content (AvgIpc) is 1.35. The fourth-order valence-corrected chi connectivity index (χ4v) is 0. The van der Waals surface area contributed by atoms with Crippen molar-refractivity contribution < 1.29 is 17.1 Å². The molecule has 0 bridgehead atoms. The Bertz CT molecular complexity index is 48.3. The van der Waals surface area contributed by atoms with Crippen LogP contribution in [-0.4, -0.2) is 14.2 Å². The number of hydrogen-bond acceptors (Lipinski definition) is 0. The van der Waals surface area contributed by atoms with Crippen molar-refractivity contribution in [2.75, 3.05) is 6.17 Å². The third-order valence-electron chi connectivity index (χ3n) is 0.530. The Balaban J connectivity index is -0.0000000417. The summed E-state index contributed by atoms with van der Waals surface area (Å²) in [6, 6.07) is 0. The molecule has 0 radical (unpaired) electrons. The Kier molecular flexibility index (Phi) is 23.8. The maximum absolute atomic E-state index is 6.92. The molecule has 0 heterocycles. The summed E-state index contributed by atoms with van der Waals surface area (Å²) in [5.74, 6) is 0. The molecule has 0 aromatic carbocycles. The van der Waals surface area contributed by atoms with Crippen LogP contribution < -0.4 is 0 Å². The first-order valence-electron chi connectivity index (χ1n) is 2.21. The molecule has 0 spiro atoms. The van der Waals surface area contributed by atoms with Gasteiger partial charge in [-0.25, -0.2) is 0 Å². The van der Waals surface area contributed by atoms with E-state index in [1.807, 2.05) is 0 Å². The van der Waals surface area contributed by atoms with E-state index in [1.54, 1.807) is 0 Å². The molecule has 5 heteroatoms. The third-order valence-corrected chi connectivity index (χ3v) is 1.59. The van der Waals surface area contributed by atoms with Gasteiger partial charge in [-0.05, 0) is 0 Å². The Morgan fingerprint density at radius 1 is 1.11 bits per heavy atom. The van der Waals surface area contributed by atoms with Crippen molar-refractivity contribution in [3.8, 4) is 0 Å². The van der Waals surface area contributed by atoms with Gasteiger partial charge in [0.05, 0.1) is 0 Å². The van der Waals surface area contributed by atoms with E-state index in [2.05, 4.69) is 19.6 Å². The van der Waals surface area contributed by atoms with Crippen molar-refractivity contribution in [1.82, 2.24) is 0 Å². The van der Waals surface area contributed by atoms with E-state index >= 15 is 0 Å². The fourth-order valence-electron chi connectivity index (χ4n) is 0. The second-order valence-corrected chi connectivity index (χ2v) is 8.21. The van der Waals surface area contributed by atoms with E-state index in [9.17, 15) is 0 Å². The van der Waals surface area contributed by atoms with Crippen LogP contribution in [0, 0.1) is 0 Å².